The number of sulfonamides is 1. The van der Waals surface area contributed by atoms with Crippen molar-refractivity contribution in [3.05, 3.63) is 64.6 Å². The lowest BCUT2D eigenvalue weighted by atomic mass is 10.2. The average molecular weight is 396 g/mol. The maximum atomic E-state index is 12.4. The van der Waals surface area contributed by atoms with Crippen LogP contribution in [0, 0.1) is 0 Å². The van der Waals surface area contributed by atoms with Crippen LogP contribution in [-0.2, 0) is 19.6 Å². The zero-order chi connectivity index (χ0) is 16.9. The summed E-state index contributed by atoms with van der Waals surface area (Å²) in [6.45, 7) is 0. The second kappa shape index (κ2) is 7.43. The molecule has 1 N–H and O–H groups in total. The van der Waals surface area contributed by atoms with Gasteiger partial charge in [-0.1, -0.05) is 28.1 Å². The van der Waals surface area contributed by atoms with E-state index in [1.807, 2.05) is 0 Å². The Bertz CT molecular complexity index is 829. The third kappa shape index (κ3) is 4.94. The van der Waals surface area contributed by atoms with Gasteiger partial charge in [-0.3, -0.25) is 4.72 Å². The van der Waals surface area contributed by atoms with Crippen molar-refractivity contribution < 1.29 is 17.9 Å². The molecule has 0 unspecified atom stereocenters. The number of methoxy groups -OCH3 is 1. The Morgan fingerprint density at radius 2 is 1.87 bits per heavy atom. The lowest BCUT2D eigenvalue weighted by molar-refractivity contribution is -0.134. The molecule has 0 atom stereocenters. The second-order valence-electron chi connectivity index (χ2n) is 4.54. The van der Waals surface area contributed by atoms with Crippen LogP contribution in [0.25, 0.3) is 6.08 Å². The number of carbonyl (C=O) groups is 1. The quantitative estimate of drug-likeness (QED) is 0.621. The third-order valence-electron chi connectivity index (χ3n) is 2.88. The van der Waals surface area contributed by atoms with E-state index in [-0.39, 0.29) is 4.90 Å². The topological polar surface area (TPSA) is 72.5 Å². The van der Waals surface area contributed by atoms with Crippen LogP contribution in [0.3, 0.4) is 0 Å². The fourth-order valence-corrected chi connectivity index (χ4v) is 3.13. The highest BCUT2D eigenvalue weighted by molar-refractivity contribution is 9.10. The van der Waals surface area contributed by atoms with Crippen LogP contribution in [0.5, 0.6) is 0 Å². The van der Waals surface area contributed by atoms with Crippen molar-refractivity contribution in [2.24, 2.45) is 0 Å². The molecule has 0 amide bonds. The number of rotatable bonds is 5. The van der Waals surface area contributed by atoms with E-state index in [1.54, 1.807) is 36.4 Å². The normalized spacial score (nSPS) is 11.4. The molecule has 0 saturated heterocycles. The first-order valence-electron chi connectivity index (χ1n) is 6.55. The van der Waals surface area contributed by atoms with Gasteiger partial charge in [0, 0.05) is 16.2 Å². The first kappa shape index (κ1) is 17.2. The van der Waals surface area contributed by atoms with Gasteiger partial charge in [0.2, 0.25) is 0 Å². The summed E-state index contributed by atoms with van der Waals surface area (Å²) >= 11 is 3.29. The maximum Gasteiger partial charge on any atom is 0.330 e. The number of carbonyl (C=O) groups excluding carboxylic acids is 1. The summed E-state index contributed by atoms with van der Waals surface area (Å²) in [4.78, 5) is 11.2. The fraction of sp³-hybridized carbons (Fsp3) is 0.0625. The zero-order valence-electron chi connectivity index (χ0n) is 12.2. The van der Waals surface area contributed by atoms with Crippen LogP contribution in [0.15, 0.2) is 64.0 Å². The largest absolute Gasteiger partial charge is 0.466 e. The minimum absolute atomic E-state index is 0.104. The first-order chi connectivity index (χ1) is 10.9. The first-order valence-corrected chi connectivity index (χ1v) is 8.83. The van der Waals surface area contributed by atoms with Crippen molar-refractivity contribution in [3.63, 3.8) is 0 Å². The van der Waals surface area contributed by atoms with Crippen LogP contribution in [-0.4, -0.2) is 21.5 Å². The Balaban J connectivity index is 2.24. The van der Waals surface area contributed by atoms with Crippen LogP contribution < -0.4 is 4.72 Å². The predicted molar refractivity (Wildman–Crippen MR) is 92.4 cm³/mol. The van der Waals surface area contributed by atoms with E-state index in [2.05, 4.69) is 25.4 Å². The number of hydrogen-bond acceptors (Lipinski definition) is 4. The van der Waals surface area contributed by atoms with Crippen LogP contribution in [0.1, 0.15) is 5.56 Å². The summed E-state index contributed by atoms with van der Waals surface area (Å²) in [6.07, 6.45) is 2.72. The number of halogens is 1. The molecule has 2 rings (SSSR count). The number of nitrogens with one attached hydrogen (secondary N) is 1. The maximum absolute atomic E-state index is 12.4. The summed E-state index contributed by atoms with van der Waals surface area (Å²) in [5, 5.41) is 0. The van der Waals surface area contributed by atoms with E-state index in [1.165, 1.54) is 31.4 Å². The monoisotopic (exact) mass is 395 g/mol. The Morgan fingerprint density at radius 1 is 1.17 bits per heavy atom. The zero-order valence-corrected chi connectivity index (χ0v) is 14.6. The van der Waals surface area contributed by atoms with E-state index in [0.717, 1.165) is 4.47 Å². The van der Waals surface area contributed by atoms with Crippen molar-refractivity contribution >= 4 is 43.7 Å². The Hall–Kier alpha value is -2.12. The Kier molecular flexibility index (Phi) is 5.57. The van der Waals surface area contributed by atoms with Crippen molar-refractivity contribution in [1.29, 1.82) is 0 Å². The van der Waals surface area contributed by atoms with Gasteiger partial charge in [0.25, 0.3) is 10.0 Å². The van der Waals surface area contributed by atoms with Crippen molar-refractivity contribution in [1.82, 2.24) is 0 Å². The van der Waals surface area contributed by atoms with E-state index >= 15 is 0 Å². The third-order valence-corrected chi connectivity index (χ3v) is 4.79. The summed E-state index contributed by atoms with van der Waals surface area (Å²) in [7, 11) is -2.43. The van der Waals surface area contributed by atoms with Crippen molar-refractivity contribution in [2.75, 3.05) is 11.8 Å². The van der Waals surface area contributed by atoms with Gasteiger partial charge in [-0.05, 0) is 48.0 Å². The van der Waals surface area contributed by atoms with E-state index < -0.39 is 16.0 Å². The molecular weight excluding hydrogens is 382 g/mol. The van der Waals surface area contributed by atoms with E-state index in [9.17, 15) is 13.2 Å². The number of benzene rings is 2. The molecule has 23 heavy (non-hydrogen) atoms. The molecule has 2 aromatic rings. The van der Waals surface area contributed by atoms with Crippen molar-refractivity contribution in [2.45, 2.75) is 4.90 Å². The fourth-order valence-electron chi connectivity index (χ4n) is 1.75. The molecule has 7 heteroatoms. The van der Waals surface area contributed by atoms with Gasteiger partial charge in [0.15, 0.2) is 0 Å². The number of esters is 1. The predicted octanol–water partition coefficient (Wildman–Crippen LogP) is 3.44. The van der Waals surface area contributed by atoms with Crippen molar-refractivity contribution in [3.8, 4) is 0 Å². The molecule has 0 fully saturated rings. The molecule has 0 spiro atoms. The number of hydrogen-bond donors (Lipinski definition) is 1. The molecule has 0 radical (unpaired) electrons. The van der Waals surface area contributed by atoms with Gasteiger partial charge in [-0.15, -0.1) is 0 Å². The highest BCUT2D eigenvalue weighted by Gasteiger charge is 2.14. The molecule has 0 aromatic heterocycles. The SMILES string of the molecule is COC(=O)C=Cc1cccc(S(=O)(=O)Nc2ccc(Br)cc2)c1. The number of anilines is 1. The Labute approximate surface area is 143 Å². The lowest BCUT2D eigenvalue weighted by Gasteiger charge is -2.08. The van der Waals surface area contributed by atoms with Crippen LogP contribution in [0.2, 0.25) is 0 Å². The lowest BCUT2D eigenvalue weighted by Crippen LogP contribution is -2.12. The number of ether oxygens (including phenoxy) is 1. The highest BCUT2D eigenvalue weighted by Crippen LogP contribution is 2.19. The molecule has 0 heterocycles. The van der Waals surface area contributed by atoms with Gasteiger partial charge in [0.05, 0.1) is 12.0 Å². The van der Waals surface area contributed by atoms with Gasteiger partial charge in [-0.2, -0.15) is 0 Å². The van der Waals surface area contributed by atoms with Gasteiger partial charge in [0.1, 0.15) is 0 Å². The van der Waals surface area contributed by atoms with Gasteiger partial charge < -0.3 is 4.74 Å². The minimum Gasteiger partial charge on any atom is -0.466 e. The molecule has 0 saturated carbocycles. The minimum atomic E-state index is -3.71. The van der Waals surface area contributed by atoms with E-state index in [4.69, 9.17) is 0 Å². The molecule has 120 valence electrons. The Morgan fingerprint density at radius 3 is 2.52 bits per heavy atom. The molecule has 2 aromatic carbocycles. The summed E-state index contributed by atoms with van der Waals surface area (Å²) in [5.74, 6) is -0.508. The standard InChI is InChI=1S/C16H14BrNO4S/c1-22-16(19)10-5-12-3-2-4-15(11-12)23(20,21)18-14-8-6-13(17)7-9-14/h2-11,18H,1H3. The summed E-state index contributed by atoms with van der Waals surface area (Å²) in [6, 6.07) is 13.1. The van der Waals surface area contributed by atoms with Gasteiger partial charge in [-0.25, -0.2) is 13.2 Å². The average Bonchev–Trinajstić information content (AvgIpc) is 2.55. The molecule has 5 nitrogen and oxygen atoms in total. The summed E-state index contributed by atoms with van der Waals surface area (Å²) in [5.41, 5.74) is 1.04. The highest BCUT2D eigenvalue weighted by atomic mass is 79.9. The molecule has 0 bridgehead atoms. The summed E-state index contributed by atoms with van der Waals surface area (Å²) < 4.78 is 32.6. The smallest absolute Gasteiger partial charge is 0.330 e. The molecular formula is C16H14BrNO4S. The van der Waals surface area contributed by atoms with Crippen LogP contribution >= 0.6 is 15.9 Å². The molecule has 0 aliphatic heterocycles. The molecule has 0 aliphatic rings. The molecule has 0 aliphatic carbocycles. The van der Waals surface area contributed by atoms with Gasteiger partial charge >= 0.3 is 5.97 Å². The van der Waals surface area contributed by atoms with Crippen LogP contribution in [0.4, 0.5) is 5.69 Å². The second-order valence-corrected chi connectivity index (χ2v) is 7.14. The van der Waals surface area contributed by atoms with E-state index in [0.29, 0.717) is 11.3 Å².